The first kappa shape index (κ1) is 11.4. The van der Waals surface area contributed by atoms with Gasteiger partial charge in [-0.25, -0.2) is 0 Å². The van der Waals surface area contributed by atoms with Crippen molar-refractivity contribution in [1.82, 2.24) is 4.90 Å². The number of rotatable bonds is 4. The maximum absolute atomic E-state index is 11.3. The molecular formula is C10H15NO2S. The summed E-state index contributed by atoms with van der Waals surface area (Å²) in [5, 5.41) is 13.7. The number of aliphatic hydroxyl groups excluding tert-OH is 1. The van der Waals surface area contributed by atoms with Crippen LogP contribution in [0.5, 0.6) is 0 Å². The van der Waals surface area contributed by atoms with E-state index < -0.39 is 12.1 Å². The Morgan fingerprint density at radius 3 is 2.57 bits per heavy atom. The zero-order chi connectivity index (χ0) is 10.7. The van der Waals surface area contributed by atoms with Gasteiger partial charge in [0.05, 0.1) is 6.04 Å². The van der Waals surface area contributed by atoms with Gasteiger partial charge in [0, 0.05) is 0 Å². The molecule has 0 aromatic carbocycles. The number of nitrogens with zero attached hydrogens (tertiary/aromatic N) is 1. The highest BCUT2D eigenvalue weighted by molar-refractivity contribution is 7.07. The quantitative estimate of drug-likeness (QED) is 0.819. The molecule has 1 heterocycles. The summed E-state index contributed by atoms with van der Waals surface area (Å²) in [4.78, 5) is 13.1. The Kier molecular flexibility index (Phi) is 3.80. The third kappa shape index (κ3) is 2.41. The average molecular weight is 213 g/mol. The number of thiophene rings is 1. The van der Waals surface area contributed by atoms with Crippen LogP contribution in [0.3, 0.4) is 0 Å². The predicted molar refractivity (Wildman–Crippen MR) is 57.4 cm³/mol. The molecule has 1 rings (SSSR count). The van der Waals surface area contributed by atoms with Gasteiger partial charge in [0.25, 0.3) is 0 Å². The molecule has 0 saturated carbocycles. The van der Waals surface area contributed by atoms with Crippen LogP contribution >= 0.6 is 11.3 Å². The Bertz CT molecular complexity index is 295. The lowest BCUT2D eigenvalue weighted by molar-refractivity contribution is -0.125. The van der Waals surface area contributed by atoms with E-state index in [0.717, 1.165) is 5.56 Å². The zero-order valence-corrected chi connectivity index (χ0v) is 9.41. The molecule has 78 valence electrons. The van der Waals surface area contributed by atoms with Crippen LogP contribution in [0.4, 0.5) is 0 Å². The number of aliphatic hydroxyl groups is 1. The summed E-state index contributed by atoms with van der Waals surface area (Å²) in [5.41, 5.74) is 0.809. The number of carbonyl (C=O) groups excluding carboxylic acids is 1. The normalized spacial score (nSPS) is 15.5. The maximum Gasteiger partial charge on any atom is 0.149 e. The number of hydrogen-bond donors (Lipinski definition) is 1. The number of carbonyl (C=O) groups is 1. The average Bonchev–Trinajstić information content (AvgIpc) is 2.53. The van der Waals surface area contributed by atoms with E-state index in [1.54, 1.807) is 19.0 Å². The lowest BCUT2D eigenvalue weighted by Crippen LogP contribution is -2.39. The molecule has 3 nitrogen and oxygen atoms in total. The highest BCUT2D eigenvalue weighted by Crippen LogP contribution is 2.22. The lowest BCUT2D eigenvalue weighted by Gasteiger charge is -2.26. The van der Waals surface area contributed by atoms with Gasteiger partial charge in [-0.15, -0.1) is 0 Å². The summed E-state index contributed by atoms with van der Waals surface area (Å²) >= 11 is 1.52. The third-order valence-corrected chi connectivity index (χ3v) is 2.86. The third-order valence-electron chi connectivity index (χ3n) is 2.16. The van der Waals surface area contributed by atoms with Gasteiger partial charge in [0.15, 0.2) is 0 Å². The van der Waals surface area contributed by atoms with Gasteiger partial charge >= 0.3 is 0 Å². The van der Waals surface area contributed by atoms with Crippen molar-refractivity contribution >= 4 is 17.1 Å². The second kappa shape index (κ2) is 4.68. The summed E-state index contributed by atoms with van der Waals surface area (Å²) in [5.74, 6) is -0.0197. The largest absolute Gasteiger partial charge is 0.386 e. The van der Waals surface area contributed by atoms with Crippen LogP contribution < -0.4 is 0 Å². The van der Waals surface area contributed by atoms with Gasteiger partial charge < -0.3 is 5.11 Å². The van der Waals surface area contributed by atoms with Crippen LogP contribution in [0.1, 0.15) is 18.6 Å². The van der Waals surface area contributed by atoms with Crippen molar-refractivity contribution in [2.75, 3.05) is 14.1 Å². The van der Waals surface area contributed by atoms with E-state index in [0.29, 0.717) is 0 Å². The van der Waals surface area contributed by atoms with Crippen molar-refractivity contribution in [2.24, 2.45) is 0 Å². The number of ketones is 1. The van der Waals surface area contributed by atoms with Crippen molar-refractivity contribution in [1.29, 1.82) is 0 Å². The molecule has 0 fully saturated rings. The minimum absolute atomic E-state index is 0.0197. The van der Waals surface area contributed by atoms with Crippen molar-refractivity contribution in [2.45, 2.75) is 19.1 Å². The van der Waals surface area contributed by atoms with Gasteiger partial charge in [-0.2, -0.15) is 11.3 Å². The molecule has 0 saturated heterocycles. The van der Waals surface area contributed by atoms with Crippen LogP contribution in [-0.2, 0) is 4.79 Å². The van der Waals surface area contributed by atoms with Gasteiger partial charge in [0.1, 0.15) is 11.9 Å². The Morgan fingerprint density at radius 2 is 2.21 bits per heavy atom. The fourth-order valence-corrected chi connectivity index (χ4v) is 2.18. The molecule has 0 bridgehead atoms. The Morgan fingerprint density at radius 1 is 1.57 bits per heavy atom. The SMILES string of the molecule is CC(=O)[C@H]([C@@H](O)c1ccsc1)N(C)C. The summed E-state index contributed by atoms with van der Waals surface area (Å²) in [6.45, 7) is 1.50. The molecule has 1 aromatic heterocycles. The van der Waals surface area contributed by atoms with Crippen molar-refractivity contribution < 1.29 is 9.90 Å². The number of likely N-dealkylation sites (N-methyl/N-ethyl adjacent to an activating group) is 1. The molecule has 0 aliphatic carbocycles. The second-order valence-corrected chi connectivity index (χ2v) is 4.30. The van der Waals surface area contributed by atoms with Gasteiger partial charge in [0.2, 0.25) is 0 Å². The Hall–Kier alpha value is -0.710. The smallest absolute Gasteiger partial charge is 0.149 e. The predicted octanol–water partition coefficient (Wildman–Crippen LogP) is 1.30. The first-order chi connectivity index (χ1) is 6.54. The maximum atomic E-state index is 11.3. The Balaban J connectivity index is 2.84. The molecule has 1 aromatic rings. The Labute approximate surface area is 88.0 Å². The minimum Gasteiger partial charge on any atom is -0.386 e. The van der Waals surface area contributed by atoms with Gasteiger partial charge in [-0.1, -0.05) is 0 Å². The molecule has 14 heavy (non-hydrogen) atoms. The monoisotopic (exact) mass is 213 g/mol. The molecule has 4 heteroatoms. The van der Waals surface area contributed by atoms with E-state index in [1.807, 2.05) is 16.8 Å². The molecule has 0 aliphatic heterocycles. The topological polar surface area (TPSA) is 40.5 Å². The van der Waals surface area contributed by atoms with E-state index in [9.17, 15) is 9.90 Å². The van der Waals surface area contributed by atoms with Crippen LogP contribution in [0.15, 0.2) is 16.8 Å². The number of hydrogen-bond acceptors (Lipinski definition) is 4. The molecular weight excluding hydrogens is 198 g/mol. The van der Waals surface area contributed by atoms with Crippen molar-refractivity contribution in [3.8, 4) is 0 Å². The van der Waals surface area contributed by atoms with Gasteiger partial charge in [-0.3, -0.25) is 9.69 Å². The van der Waals surface area contributed by atoms with Crippen LogP contribution in [-0.4, -0.2) is 35.9 Å². The molecule has 0 unspecified atom stereocenters. The van der Waals surface area contributed by atoms with Crippen LogP contribution in [0.25, 0.3) is 0 Å². The van der Waals surface area contributed by atoms with Crippen molar-refractivity contribution in [3.05, 3.63) is 22.4 Å². The molecule has 0 spiro atoms. The zero-order valence-electron chi connectivity index (χ0n) is 8.60. The fourth-order valence-electron chi connectivity index (χ4n) is 1.49. The van der Waals surface area contributed by atoms with E-state index >= 15 is 0 Å². The second-order valence-electron chi connectivity index (χ2n) is 3.52. The van der Waals surface area contributed by atoms with Crippen LogP contribution in [0, 0.1) is 0 Å². The molecule has 0 radical (unpaired) electrons. The standard InChI is InChI=1S/C10H15NO2S/c1-7(12)9(11(2)3)10(13)8-4-5-14-6-8/h4-6,9-10,13H,1-3H3/t9-,10+/m1/s1. The molecule has 0 amide bonds. The summed E-state index contributed by atoms with van der Waals surface area (Å²) < 4.78 is 0. The highest BCUT2D eigenvalue weighted by Gasteiger charge is 2.27. The van der Waals surface area contributed by atoms with E-state index in [-0.39, 0.29) is 5.78 Å². The molecule has 1 N–H and O–H groups in total. The number of Topliss-reactive ketones (excluding diaryl/α,β-unsaturated/α-hetero) is 1. The lowest BCUT2D eigenvalue weighted by atomic mass is 10.0. The van der Waals surface area contributed by atoms with E-state index in [1.165, 1.54) is 18.3 Å². The summed E-state index contributed by atoms with van der Waals surface area (Å²) in [7, 11) is 3.59. The molecule has 0 aliphatic rings. The first-order valence-electron chi connectivity index (χ1n) is 4.41. The van der Waals surface area contributed by atoms with E-state index in [2.05, 4.69) is 0 Å². The summed E-state index contributed by atoms with van der Waals surface area (Å²) in [6, 6.07) is 1.39. The first-order valence-corrected chi connectivity index (χ1v) is 5.35. The van der Waals surface area contributed by atoms with E-state index in [4.69, 9.17) is 0 Å². The fraction of sp³-hybridized carbons (Fsp3) is 0.500. The van der Waals surface area contributed by atoms with Crippen LogP contribution in [0.2, 0.25) is 0 Å². The summed E-state index contributed by atoms with van der Waals surface area (Å²) in [6.07, 6.45) is -0.728. The highest BCUT2D eigenvalue weighted by atomic mass is 32.1. The van der Waals surface area contributed by atoms with Gasteiger partial charge in [-0.05, 0) is 43.4 Å². The van der Waals surface area contributed by atoms with Crippen molar-refractivity contribution in [3.63, 3.8) is 0 Å². The molecule has 2 atom stereocenters. The minimum atomic E-state index is -0.728.